The summed E-state index contributed by atoms with van der Waals surface area (Å²) in [5, 5.41) is 7.89. The molecule has 0 aliphatic rings. The normalized spacial score (nSPS) is 11.7. The number of urea groups is 1. The maximum absolute atomic E-state index is 13.8. The SMILES string of the molecule is CC(Cc1cnccn1)NC(=O)Nc1ccc(F)c(NC(=O)C(C)C)c1. The highest BCUT2D eigenvalue weighted by Gasteiger charge is 2.13. The highest BCUT2D eigenvalue weighted by atomic mass is 19.1. The lowest BCUT2D eigenvalue weighted by molar-refractivity contribution is -0.118. The second kappa shape index (κ2) is 8.89. The maximum Gasteiger partial charge on any atom is 0.319 e. The number of nitrogens with zero attached hydrogens (tertiary/aromatic N) is 2. The molecule has 0 spiro atoms. The smallest absolute Gasteiger partial charge is 0.319 e. The summed E-state index contributed by atoms with van der Waals surface area (Å²) in [4.78, 5) is 32.0. The quantitative estimate of drug-likeness (QED) is 0.739. The van der Waals surface area contributed by atoms with Crippen LogP contribution in [0.25, 0.3) is 0 Å². The minimum Gasteiger partial charge on any atom is -0.335 e. The summed E-state index contributed by atoms with van der Waals surface area (Å²) < 4.78 is 13.8. The average Bonchev–Trinajstić information content (AvgIpc) is 2.58. The van der Waals surface area contributed by atoms with E-state index in [2.05, 4.69) is 25.9 Å². The molecule has 0 saturated carbocycles. The lowest BCUT2D eigenvalue weighted by atomic mass is 10.2. The molecule has 0 fully saturated rings. The third-order valence-electron chi connectivity index (χ3n) is 3.52. The number of amides is 3. The molecular weight excluding hydrogens is 337 g/mol. The van der Waals surface area contributed by atoms with Crippen LogP contribution >= 0.6 is 0 Å². The van der Waals surface area contributed by atoms with E-state index in [1.807, 2.05) is 6.92 Å². The van der Waals surface area contributed by atoms with Crippen molar-refractivity contribution in [1.82, 2.24) is 15.3 Å². The third kappa shape index (κ3) is 5.80. The molecule has 7 nitrogen and oxygen atoms in total. The van der Waals surface area contributed by atoms with E-state index in [0.29, 0.717) is 12.1 Å². The van der Waals surface area contributed by atoms with Crippen LogP contribution < -0.4 is 16.0 Å². The van der Waals surface area contributed by atoms with Gasteiger partial charge in [0.2, 0.25) is 5.91 Å². The van der Waals surface area contributed by atoms with Crippen molar-refractivity contribution in [2.45, 2.75) is 33.2 Å². The summed E-state index contributed by atoms with van der Waals surface area (Å²) in [5.41, 5.74) is 1.16. The molecule has 2 aromatic rings. The van der Waals surface area contributed by atoms with E-state index in [1.54, 1.807) is 32.4 Å². The molecule has 2 rings (SSSR count). The minimum absolute atomic E-state index is 0.0223. The Hall–Kier alpha value is -3.03. The number of carbonyl (C=O) groups is 2. The average molecular weight is 359 g/mol. The first kappa shape index (κ1) is 19.3. The fourth-order valence-electron chi connectivity index (χ4n) is 2.17. The van der Waals surface area contributed by atoms with Crippen LogP contribution in [-0.2, 0) is 11.2 Å². The third-order valence-corrected chi connectivity index (χ3v) is 3.52. The molecule has 1 aromatic heterocycles. The van der Waals surface area contributed by atoms with Gasteiger partial charge >= 0.3 is 6.03 Å². The summed E-state index contributed by atoms with van der Waals surface area (Å²) >= 11 is 0. The van der Waals surface area contributed by atoms with Gasteiger partial charge in [-0.25, -0.2) is 9.18 Å². The highest BCUT2D eigenvalue weighted by Crippen LogP contribution is 2.20. The molecule has 3 N–H and O–H groups in total. The van der Waals surface area contributed by atoms with Crippen molar-refractivity contribution < 1.29 is 14.0 Å². The monoisotopic (exact) mass is 359 g/mol. The minimum atomic E-state index is -0.569. The molecule has 1 atom stereocenters. The lowest BCUT2D eigenvalue weighted by Gasteiger charge is -2.15. The van der Waals surface area contributed by atoms with Gasteiger partial charge in [-0.3, -0.25) is 14.8 Å². The second-order valence-corrected chi connectivity index (χ2v) is 6.24. The number of nitrogens with one attached hydrogen (secondary N) is 3. The van der Waals surface area contributed by atoms with E-state index in [1.165, 1.54) is 18.2 Å². The van der Waals surface area contributed by atoms with Crippen LogP contribution in [0.2, 0.25) is 0 Å². The first-order chi connectivity index (χ1) is 12.3. The van der Waals surface area contributed by atoms with E-state index in [4.69, 9.17) is 0 Å². The fourth-order valence-corrected chi connectivity index (χ4v) is 2.17. The van der Waals surface area contributed by atoms with Crippen molar-refractivity contribution in [3.63, 3.8) is 0 Å². The Balaban J connectivity index is 1.95. The van der Waals surface area contributed by atoms with Crippen LogP contribution in [-0.4, -0.2) is 27.9 Å². The van der Waals surface area contributed by atoms with E-state index in [-0.39, 0.29) is 23.6 Å². The van der Waals surface area contributed by atoms with Crippen molar-refractivity contribution >= 4 is 23.3 Å². The molecule has 0 radical (unpaired) electrons. The van der Waals surface area contributed by atoms with Crippen LogP contribution in [0.4, 0.5) is 20.6 Å². The van der Waals surface area contributed by atoms with Gasteiger partial charge in [0.05, 0.1) is 11.4 Å². The predicted octanol–water partition coefficient (Wildman–Crippen LogP) is 2.96. The Morgan fingerprint density at radius 1 is 1.15 bits per heavy atom. The second-order valence-electron chi connectivity index (χ2n) is 6.24. The van der Waals surface area contributed by atoms with Gasteiger partial charge < -0.3 is 16.0 Å². The van der Waals surface area contributed by atoms with Crippen LogP contribution in [0.5, 0.6) is 0 Å². The highest BCUT2D eigenvalue weighted by molar-refractivity contribution is 5.94. The van der Waals surface area contributed by atoms with Gasteiger partial charge in [0.1, 0.15) is 5.82 Å². The molecular formula is C18H22FN5O2. The summed E-state index contributed by atoms with van der Waals surface area (Å²) in [6, 6.07) is 3.38. The van der Waals surface area contributed by atoms with Crippen molar-refractivity contribution in [2.75, 3.05) is 10.6 Å². The van der Waals surface area contributed by atoms with E-state index in [0.717, 1.165) is 5.69 Å². The van der Waals surface area contributed by atoms with E-state index in [9.17, 15) is 14.0 Å². The zero-order valence-electron chi connectivity index (χ0n) is 14.9. The predicted molar refractivity (Wildman–Crippen MR) is 97.2 cm³/mol. The van der Waals surface area contributed by atoms with Crippen molar-refractivity contribution in [2.24, 2.45) is 5.92 Å². The molecule has 1 aromatic carbocycles. The van der Waals surface area contributed by atoms with E-state index < -0.39 is 11.8 Å². The molecule has 0 saturated heterocycles. The first-order valence-electron chi connectivity index (χ1n) is 8.28. The summed E-state index contributed by atoms with van der Waals surface area (Å²) in [5.74, 6) is -1.15. The molecule has 138 valence electrons. The number of benzene rings is 1. The first-order valence-corrected chi connectivity index (χ1v) is 8.28. The molecule has 3 amide bonds. The molecule has 1 unspecified atom stereocenters. The summed E-state index contributed by atoms with van der Waals surface area (Å²) in [6.07, 6.45) is 5.34. The van der Waals surface area contributed by atoms with Gasteiger partial charge in [0, 0.05) is 42.7 Å². The van der Waals surface area contributed by atoms with Gasteiger partial charge in [-0.1, -0.05) is 13.8 Å². The Kier molecular flexibility index (Phi) is 6.60. The Morgan fingerprint density at radius 3 is 2.58 bits per heavy atom. The molecule has 0 aliphatic carbocycles. The number of rotatable bonds is 6. The molecule has 8 heteroatoms. The molecule has 0 aliphatic heterocycles. The van der Waals surface area contributed by atoms with Crippen LogP contribution in [0.15, 0.2) is 36.8 Å². The van der Waals surface area contributed by atoms with Gasteiger partial charge in [-0.15, -0.1) is 0 Å². The van der Waals surface area contributed by atoms with Gasteiger partial charge in [0.25, 0.3) is 0 Å². The Labute approximate surface area is 151 Å². The van der Waals surface area contributed by atoms with Crippen molar-refractivity contribution in [1.29, 1.82) is 0 Å². The zero-order valence-corrected chi connectivity index (χ0v) is 14.9. The number of carbonyl (C=O) groups excluding carboxylic acids is 2. The number of halogens is 1. The summed E-state index contributed by atoms with van der Waals surface area (Å²) in [6.45, 7) is 5.26. The number of hydrogen-bond donors (Lipinski definition) is 3. The Bertz CT molecular complexity index is 767. The fraction of sp³-hybridized carbons (Fsp3) is 0.333. The van der Waals surface area contributed by atoms with Crippen LogP contribution in [0, 0.1) is 11.7 Å². The molecule has 0 bridgehead atoms. The maximum atomic E-state index is 13.8. The largest absolute Gasteiger partial charge is 0.335 e. The van der Waals surface area contributed by atoms with E-state index >= 15 is 0 Å². The number of hydrogen-bond acceptors (Lipinski definition) is 4. The van der Waals surface area contributed by atoms with Crippen LogP contribution in [0.1, 0.15) is 26.5 Å². The zero-order chi connectivity index (χ0) is 19.1. The Morgan fingerprint density at radius 2 is 1.92 bits per heavy atom. The van der Waals surface area contributed by atoms with Crippen molar-refractivity contribution in [3.05, 3.63) is 48.3 Å². The van der Waals surface area contributed by atoms with Crippen molar-refractivity contribution in [3.8, 4) is 0 Å². The number of aromatic nitrogens is 2. The number of anilines is 2. The lowest BCUT2D eigenvalue weighted by Crippen LogP contribution is -2.37. The van der Waals surface area contributed by atoms with Gasteiger partial charge in [0.15, 0.2) is 0 Å². The topological polar surface area (TPSA) is 96.0 Å². The molecule has 26 heavy (non-hydrogen) atoms. The van der Waals surface area contributed by atoms with Crippen LogP contribution in [0.3, 0.4) is 0 Å². The van der Waals surface area contributed by atoms with Gasteiger partial charge in [-0.2, -0.15) is 0 Å². The summed E-state index contributed by atoms with van der Waals surface area (Å²) in [7, 11) is 0. The molecule has 1 heterocycles. The van der Waals surface area contributed by atoms with Gasteiger partial charge in [-0.05, 0) is 25.1 Å². The standard InChI is InChI=1S/C18H22FN5O2/c1-11(2)17(25)24-16-9-13(4-5-15(16)19)23-18(26)22-12(3)8-14-10-20-6-7-21-14/h4-7,9-12H,8H2,1-3H3,(H,24,25)(H2,22,23,26).